The molecule has 37 heavy (non-hydrogen) atoms. The molecule has 1 amide bonds. The van der Waals surface area contributed by atoms with Crippen molar-refractivity contribution in [2.75, 3.05) is 30.6 Å². The van der Waals surface area contributed by atoms with Crippen LogP contribution in [0.1, 0.15) is 51.5 Å². The second kappa shape index (κ2) is 15.2. The van der Waals surface area contributed by atoms with Crippen LogP contribution in [0.2, 0.25) is 0 Å². The Balaban J connectivity index is 0.00000481. The third-order valence-electron chi connectivity index (χ3n) is 6.30. The summed E-state index contributed by atoms with van der Waals surface area (Å²) in [5, 5.41) is 6.62. The van der Waals surface area contributed by atoms with E-state index in [1.54, 1.807) is 24.3 Å². The SMILES string of the molecule is CCCCNC(=O)C(CC)NC1CCN(Cc2ccc(Oc3ccc(NS(C)(=O)=O)cc3)cc2)CC1.Cl. The maximum Gasteiger partial charge on any atom is 0.237 e. The van der Waals surface area contributed by atoms with Gasteiger partial charge in [0.2, 0.25) is 15.9 Å². The summed E-state index contributed by atoms with van der Waals surface area (Å²) in [6.45, 7) is 7.82. The van der Waals surface area contributed by atoms with Gasteiger partial charge in [-0.2, -0.15) is 0 Å². The fourth-order valence-electron chi connectivity index (χ4n) is 4.30. The molecule has 0 bridgehead atoms. The van der Waals surface area contributed by atoms with Crippen molar-refractivity contribution in [3.63, 3.8) is 0 Å². The van der Waals surface area contributed by atoms with Gasteiger partial charge in [0.1, 0.15) is 11.5 Å². The van der Waals surface area contributed by atoms with Crippen molar-refractivity contribution in [1.29, 1.82) is 0 Å². The van der Waals surface area contributed by atoms with Gasteiger partial charge in [-0.25, -0.2) is 8.42 Å². The number of piperidine rings is 1. The fourth-order valence-corrected chi connectivity index (χ4v) is 4.86. The minimum atomic E-state index is -3.30. The number of hydrogen-bond acceptors (Lipinski definition) is 6. The number of halogens is 1. The highest BCUT2D eigenvalue weighted by Gasteiger charge is 2.24. The number of anilines is 1. The number of likely N-dealkylation sites (tertiary alicyclic amines) is 1. The molecule has 1 fully saturated rings. The number of amides is 1. The van der Waals surface area contributed by atoms with Gasteiger partial charge in [0.05, 0.1) is 12.3 Å². The Bertz CT molecular complexity index is 1060. The number of rotatable bonds is 13. The molecule has 0 aromatic heterocycles. The molecule has 2 aromatic carbocycles. The van der Waals surface area contributed by atoms with E-state index >= 15 is 0 Å². The lowest BCUT2D eigenvalue weighted by Crippen LogP contribution is -2.51. The highest BCUT2D eigenvalue weighted by molar-refractivity contribution is 7.92. The topological polar surface area (TPSA) is 99.8 Å². The van der Waals surface area contributed by atoms with Gasteiger partial charge < -0.3 is 15.4 Å². The van der Waals surface area contributed by atoms with Crippen LogP contribution >= 0.6 is 12.4 Å². The molecule has 206 valence electrons. The van der Waals surface area contributed by atoms with E-state index in [-0.39, 0.29) is 24.4 Å². The maximum absolute atomic E-state index is 12.4. The number of unbranched alkanes of at least 4 members (excludes halogenated alkanes) is 1. The van der Waals surface area contributed by atoms with Crippen LogP contribution in [0.15, 0.2) is 48.5 Å². The molecule has 2 aromatic rings. The van der Waals surface area contributed by atoms with E-state index in [0.717, 1.165) is 70.3 Å². The average molecular weight is 553 g/mol. The number of ether oxygens (including phenoxy) is 1. The molecule has 8 nitrogen and oxygen atoms in total. The van der Waals surface area contributed by atoms with Crippen molar-refractivity contribution >= 4 is 34.0 Å². The lowest BCUT2D eigenvalue weighted by atomic mass is 10.0. The van der Waals surface area contributed by atoms with Crippen LogP contribution in [0.5, 0.6) is 11.5 Å². The van der Waals surface area contributed by atoms with Crippen molar-refractivity contribution in [3.05, 3.63) is 54.1 Å². The Morgan fingerprint density at radius 3 is 2.16 bits per heavy atom. The molecule has 1 saturated heterocycles. The number of nitrogens with one attached hydrogen (secondary N) is 3. The van der Waals surface area contributed by atoms with Gasteiger partial charge in [0, 0.05) is 24.8 Å². The van der Waals surface area contributed by atoms with Gasteiger partial charge in [-0.15, -0.1) is 12.4 Å². The second-order valence-electron chi connectivity index (χ2n) is 9.47. The van der Waals surface area contributed by atoms with Gasteiger partial charge >= 0.3 is 0 Å². The van der Waals surface area contributed by atoms with Crippen molar-refractivity contribution in [1.82, 2.24) is 15.5 Å². The molecular formula is C27H41ClN4O4S. The molecule has 1 unspecified atom stereocenters. The van der Waals surface area contributed by atoms with Crippen LogP contribution in [-0.4, -0.2) is 57.2 Å². The van der Waals surface area contributed by atoms with E-state index in [2.05, 4.69) is 46.2 Å². The largest absolute Gasteiger partial charge is 0.457 e. The van der Waals surface area contributed by atoms with Gasteiger partial charge in [-0.3, -0.25) is 14.4 Å². The summed E-state index contributed by atoms with van der Waals surface area (Å²) < 4.78 is 31.0. The van der Waals surface area contributed by atoms with E-state index in [4.69, 9.17) is 4.74 Å². The van der Waals surface area contributed by atoms with Gasteiger partial charge in [0.15, 0.2) is 0 Å². The molecule has 1 aliphatic heterocycles. The standard InChI is InChI=1S/C27H40N4O4S.ClH/c1-4-6-17-28-27(32)26(5-2)29-22-15-18-31(19-16-22)20-21-7-11-24(12-8-21)35-25-13-9-23(10-14-25)30-36(3,33)34;/h7-14,22,26,29-30H,4-6,15-20H2,1-3H3,(H,28,32);1H. The Labute approximate surface area is 228 Å². The fraction of sp³-hybridized carbons (Fsp3) is 0.519. The summed E-state index contributed by atoms with van der Waals surface area (Å²) in [7, 11) is -3.30. The van der Waals surface area contributed by atoms with Crippen molar-refractivity contribution in [2.45, 2.75) is 64.6 Å². The number of nitrogens with zero attached hydrogens (tertiary/aromatic N) is 1. The summed E-state index contributed by atoms with van der Waals surface area (Å²) in [6.07, 6.45) is 6.09. The number of benzene rings is 2. The average Bonchev–Trinajstić information content (AvgIpc) is 2.85. The van der Waals surface area contributed by atoms with Gasteiger partial charge in [-0.1, -0.05) is 32.4 Å². The summed E-state index contributed by atoms with van der Waals surface area (Å²) in [5.74, 6) is 1.49. The third kappa shape index (κ3) is 10.9. The zero-order valence-corrected chi connectivity index (χ0v) is 23.7. The lowest BCUT2D eigenvalue weighted by Gasteiger charge is -2.34. The van der Waals surface area contributed by atoms with E-state index in [0.29, 0.717) is 17.5 Å². The van der Waals surface area contributed by atoms with Gasteiger partial charge in [-0.05, 0) is 80.7 Å². The molecule has 0 aliphatic carbocycles. The minimum absolute atomic E-state index is 0. The second-order valence-corrected chi connectivity index (χ2v) is 11.2. The summed E-state index contributed by atoms with van der Waals surface area (Å²) in [5.41, 5.74) is 1.72. The Morgan fingerprint density at radius 2 is 1.62 bits per heavy atom. The molecule has 1 atom stereocenters. The number of carbonyl (C=O) groups is 1. The maximum atomic E-state index is 12.4. The molecule has 10 heteroatoms. The molecule has 3 rings (SSSR count). The van der Waals surface area contributed by atoms with E-state index in [1.165, 1.54) is 5.56 Å². The highest BCUT2D eigenvalue weighted by atomic mass is 35.5. The first kappa shape index (κ1) is 30.9. The molecule has 0 saturated carbocycles. The first-order valence-corrected chi connectivity index (χ1v) is 14.8. The lowest BCUT2D eigenvalue weighted by molar-refractivity contribution is -0.123. The number of hydrogen-bond donors (Lipinski definition) is 3. The van der Waals surface area contributed by atoms with Crippen LogP contribution < -0.4 is 20.1 Å². The predicted molar refractivity (Wildman–Crippen MR) is 152 cm³/mol. The summed E-state index contributed by atoms with van der Waals surface area (Å²) in [6, 6.07) is 15.1. The van der Waals surface area contributed by atoms with Crippen LogP contribution in [0.25, 0.3) is 0 Å². The van der Waals surface area contributed by atoms with Crippen molar-refractivity contribution < 1.29 is 17.9 Å². The molecule has 1 aliphatic rings. The van der Waals surface area contributed by atoms with Crippen LogP contribution in [0.3, 0.4) is 0 Å². The molecule has 0 radical (unpaired) electrons. The van der Waals surface area contributed by atoms with Crippen LogP contribution in [0, 0.1) is 0 Å². The normalized spacial score (nSPS) is 15.4. The Morgan fingerprint density at radius 1 is 1.03 bits per heavy atom. The first-order chi connectivity index (χ1) is 17.3. The molecule has 0 spiro atoms. The Kier molecular flexibility index (Phi) is 12.7. The quantitative estimate of drug-likeness (QED) is 0.316. The smallest absolute Gasteiger partial charge is 0.237 e. The van der Waals surface area contributed by atoms with Crippen molar-refractivity contribution in [2.24, 2.45) is 0 Å². The highest BCUT2D eigenvalue weighted by Crippen LogP contribution is 2.24. The zero-order chi connectivity index (χ0) is 26.0. The molecular weight excluding hydrogens is 512 g/mol. The monoisotopic (exact) mass is 552 g/mol. The molecule has 1 heterocycles. The van der Waals surface area contributed by atoms with E-state index in [9.17, 15) is 13.2 Å². The minimum Gasteiger partial charge on any atom is -0.457 e. The van der Waals surface area contributed by atoms with E-state index in [1.807, 2.05) is 12.1 Å². The zero-order valence-electron chi connectivity index (χ0n) is 22.0. The first-order valence-electron chi connectivity index (χ1n) is 12.9. The predicted octanol–water partition coefficient (Wildman–Crippen LogP) is 4.52. The summed E-state index contributed by atoms with van der Waals surface area (Å²) in [4.78, 5) is 14.9. The summed E-state index contributed by atoms with van der Waals surface area (Å²) >= 11 is 0. The molecule has 3 N–H and O–H groups in total. The van der Waals surface area contributed by atoms with E-state index < -0.39 is 10.0 Å². The Hall–Kier alpha value is -2.33. The van der Waals surface area contributed by atoms with Gasteiger partial charge in [0.25, 0.3) is 0 Å². The number of sulfonamides is 1. The van der Waals surface area contributed by atoms with Crippen LogP contribution in [0.4, 0.5) is 5.69 Å². The number of carbonyl (C=O) groups excluding carboxylic acids is 1. The van der Waals surface area contributed by atoms with Crippen molar-refractivity contribution in [3.8, 4) is 11.5 Å². The van der Waals surface area contributed by atoms with Crippen LogP contribution in [-0.2, 0) is 21.4 Å². The third-order valence-corrected chi connectivity index (χ3v) is 6.91.